The molecule has 0 bridgehead atoms. The highest BCUT2D eigenvalue weighted by molar-refractivity contribution is 7.47. The van der Waals surface area contributed by atoms with Gasteiger partial charge in [0.05, 0.1) is 26.4 Å². The lowest BCUT2D eigenvalue weighted by Crippen LogP contribution is -2.30. The minimum Gasteiger partial charge on any atom is -0.462 e. The van der Waals surface area contributed by atoms with E-state index in [4.69, 9.17) is 37.0 Å². The maximum Gasteiger partial charge on any atom is 0.472 e. The van der Waals surface area contributed by atoms with Crippen LogP contribution in [0.15, 0.2) is 122 Å². The van der Waals surface area contributed by atoms with Gasteiger partial charge in [0.15, 0.2) is 12.2 Å². The summed E-state index contributed by atoms with van der Waals surface area (Å²) in [6, 6.07) is 0. The van der Waals surface area contributed by atoms with Gasteiger partial charge in [-0.2, -0.15) is 0 Å². The van der Waals surface area contributed by atoms with Gasteiger partial charge >= 0.3 is 39.5 Å². The van der Waals surface area contributed by atoms with E-state index >= 15 is 0 Å². The Morgan fingerprint density at radius 1 is 0.290 bits per heavy atom. The highest BCUT2D eigenvalue weighted by Gasteiger charge is 2.30. The summed E-state index contributed by atoms with van der Waals surface area (Å²) >= 11 is 0. The van der Waals surface area contributed by atoms with Crippen molar-refractivity contribution in [2.75, 3.05) is 39.6 Å². The van der Waals surface area contributed by atoms with Crippen molar-refractivity contribution in [2.45, 2.75) is 329 Å². The molecule has 574 valence electrons. The Morgan fingerprint density at radius 2 is 0.520 bits per heavy atom. The largest absolute Gasteiger partial charge is 0.472 e. The molecule has 0 aliphatic heterocycles. The van der Waals surface area contributed by atoms with Gasteiger partial charge < -0.3 is 33.8 Å². The van der Waals surface area contributed by atoms with Crippen LogP contribution in [0.3, 0.4) is 0 Å². The first-order valence-electron chi connectivity index (χ1n) is 38.8. The standard InChI is InChI=1S/C81H138O17P2/c1-5-9-13-17-21-25-29-33-35-36-37-38-40-43-46-50-54-58-62-66-79(84)92-72-77(98-81(86)68-64-60-56-52-48-44-39-34-30-26-22-18-14-10-6-2)74-96-100(89,90)94-70-75(82)69-93-99(87,88)95-73-76(97-80(85)67-63-59-55-51-47-42-32-28-24-20-16-12-8-4)71-91-78(83)65-61-57-53-49-45-41-31-27-23-19-15-11-7-3/h9-10,13-14,21-22,25-27,31,33-35,37-39,43,46,48,52,75-77,82H,5-8,11-12,15-20,23-24,28-30,32,36,40-42,44-45,47,49-51,53-74H2,1-4H3,(H,87,88)(H,89,90)/b13-9-,14-10-,25-21-,26-22-,31-27-,35-33-,38-37-,39-34-,46-43-,52-48-. The molecule has 3 N–H and O–H groups in total. The van der Waals surface area contributed by atoms with Gasteiger partial charge in [-0.1, -0.05) is 271 Å². The van der Waals surface area contributed by atoms with Crippen molar-refractivity contribution >= 4 is 39.5 Å². The van der Waals surface area contributed by atoms with Gasteiger partial charge in [-0.15, -0.1) is 0 Å². The van der Waals surface area contributed by atoms with Gasteiger partial charge in [0, 0.05) is 25.7 Å². The molecule has 100 heavy (non-hydrogen) atoms. The van der Waals surface area contributed by atoms with Crippen LogP contribution in [0.5, 0.6) is 0 Å². The molecular weight excluding hydrogens is 1310 g/mol. The number of aliphatic hydroxyl groups is 1. The molecule has 0 aromatic heterocycles. The second-order valence-electron chi connectivity index (χ2n) is 25.5. The zero-order chi connectivity index (χ0) is 73.2. The molecule has 0 rings (SSSR count). The number of aliphatic hydroxyl groups excluding tert-OH is 1. The molecule has 0 amide bonds. The second-order valence-corrected chi connectivity index (χ2v) is 28.4. The number of rotatable bonds is 72. The second kappa shape index (κ2) is 72.8. The predicted octanol–water partition coefficient (Wildman–Crippen LogP) is 22.3. The van der Waals surface area contributed by atoms with E-state index in [1.807, 2.05) is 0 Å². The Balaban J connectivity index is 5.41. The number of phosphoric acid groups is 2. The molecule has 0 aromatic rings. The number of hydrogen-bond donors (Lipinski definition) is 3. The van der Waals surface area contributed by atoms with Crippen LogP contribution in [0.25, 0.3) is 0 Å². The van der Waals surface area contributed by atoms with E-state index in [1.54, 1.807) is 0 Å². The fourth-order valence-electron chi connectivity index (χ4n) is 10.1. The van der Waals surface area contributed by atoms with Crippen molar-refractivity contribution in [1.82, 2.24) is 0 Å². The third kappa shape index (κ3) is 71.8. The van der Waals surface area contributed by atoms with Crippen molar-refractivity contribution in [3.05, 3.63) is 122 Å². The van der Waals surface area contributed by atoms with E-state index in [9.17, 15) is 43.2 Å². The summed E-state index contributed by atoms with van der Waals surface area (Å²) < 4.78 is 68.4. The van der Waals surface area contributed by atoms with Gasteiger partial charge in [-0.05, 0) is 135 Å². The van der Waals surface area contributed by atoms with Crippen LogP contribution in [-0.2, 0) is 65.4 Å². The molecule has 17 nitrogen and oxygen atoms in total. The minimum absolute atomic E-state index is 0.0325. The third-order valence-corrected chi connectivity index (χ3v) is 17.8. The molecule has 5 atom stereocenters. The molecular formula is C81H138O17P2. The van der Waals surface area contributed by atoms with Crippen LogP contribution in [0.2, 0.25) is 0 Å². The number of carbonyl (C=O) groups excluding carboxylic acids is 4. The van der Waals surface area contributed by atoms with Gasteiger partial charge in [0.2, 0.25) is 0 Å². The van der Waals surface area contributed by atoms with E-state index in [2.05, 4.69) is 149 Å². The van der Waals surface area contributed by atoms with Crippen molar-refractivity contribution in [3.8, 4) is 0 Å². The normalized spacial score (nSPS) is 14.6. The summed E-state index contributed by atoms with van der Waals surface area (Å²) in [5.41, 5.74) is 0. The van der Waals surface area contributed by atoms with Crippen LogP contribution in [0, 0.1) is 0 Å². The molecule has 19 heteroatoms. The molecule has 0 fully saturated rings. The Morgan fingerprint density at radius 3 is 0.850 bits per heavy atom. The molecule has 0 aromatic carbocycles. The maximum atomic E-state index is 13.1. The SMILES string of the molecule is CC/C=C\C/C=C\C/C=C\C/C=C\C/C=C\CCCCCC(=O)OCC(COP(=O)(O)OCC(O)COP(=O)(O)OCC(COC(=O)CCCCCCC/C=C\CCCCCC)OC(=O)CCCCCCCCCCCCCCC)OC(=O)CCCC/C=C\C/C=C\C/C=C\C/C=C\CC. The summed E-state index contributed by atoms with van der Waals surface area (Å²) in [5, 5.41) is 10.6. The highest BCUT2D eigenvalue weighted by Crippen LogP contribution is 2.45. The van der Waals surface area contributed by atoms with Crippen LogP contribution in [0.4, 0.5) is 0 Å². The van der Waals surface area contributed by atoms with E-state index < -0.39 is 97.5 Å². The molecule has 0 aliphatic rings. The van der Waals surface area contributed by atoms with Crippen molar-refractivity contribution in [2.24, 2.45) is 0 Å². The summed E-state index contributed by atoms with van der Waals surface area (Å²) in [5.74, 6) is -2.26. The molecule has 0 spiro atoms. The zero-order valence-corrected chi connectivity index (χ0v) is 64.4. The van der Waals surface area contributed by atoms with Crippen LogP contribution >= 0.6 is 15.6 Å². The van der Waals surface area contributed by atoms with Crippen molar-refractivity contribution in [1.29, 1.82) is 0 Å². The summed E-state index contributed by atoms with van der Waals surface area (Å²) in [6.07, 6.45) is 79.0. The van der Waals surface area contributed by atoms with Crippen LogP contribution < -0.4 is 0 Å². The van der Waals surface area contributed by atoms with Gasteiger partial charge in [0.1, 0.15) is 19.3 Å². The first kappa shape index (κ1) is 95.5. The molecule has 0 saturated carbocycles. The summed E-state index contributed by atoms with van der Waals surface area (Å²) in [4.78, 5) is 72.9. The molecule has 0 aliphatic carbocycles. The van der Waals surface area contributed by atoms with Gasteiger partial charge in [-0.3, -0.25) is 37.3 Å². The Kier molecular flexibility index (Phi) is 69.5. The minimum atomic E-state index is -5.00. The molecule has 0 heterocycles. The van der Waals surface area contributed by atoms with E-state index in [0.717, 1.165) is 148 Å². The number of hydrogen-bond acceptors (Lipinski definition) is 15. The Bertz CT molecular complexity index is 2370. The van der Waals surface area contributed by atoms with Crippen LogP contribution in [0.1, 0.15) is 310 Å². The number of esters is 4. The monoisotopic (exact) mass is 1440 g/mol. The first-order valence-corrected chi connectivity index (χ1v) is 41.8. The molecule has 0 radical (unpaired) electrons. The molecule has 0 saturated heterocycles. The fraction of sp³-hybridized carbons (Fsp3) is 0.704. The smallest absolute Gasteiger partial charge is 0.462 e. The van der Waals surface area contributed by atoms with Gasteiger partial charge in [-0.25, -0.2) is 9.13 Å². The number of phosphoric ester groups is 2. The quantitative estimate of drug-likeness (QED) is 0.0169. The van der Waals surface area contributed by atoms with E-state index in [0.29, 0.717) is 32.1 Å². The third-order valence-electron chi connectivity index (χ3n) is 15.9. The van der Waals surface area contributed by atoms with Crippen molar-refractivity contribution < 1.29 is 80.2 Å². The average molecular weight is 1450 g/mol. The summed E-state index contributed by atoms with van der Waals surface area (Å²) in [6.45, 7) is 4.55. The topological polar surface area (TPSA) is 237 Å². The van der Waals surface area contributed by atoms with E-state index in [1.165, 1.54) is 77.0 Å². The maximum absolute atomic E-state index is 13.1. The molecule has 5 unspecified atom stereocenters. The lowest BCUT2D eigenvalue weighted by atomic mass is 10.0. The van der Waals surface area contributed by atoms with Gasteiger partial charge in [0.25, 0.3) is 0 Å². The Hall–Kier alpha value is -4.54. The first-order chi connectivity index (χ1) is 48.7. The number of allylic oxidation sites excluding steroid dienone is 20. The van der Waals surface area contributed by atoms with Crippen LogP contribution in [-0.4, -0.2) is 96.7 Å². The van der Waals surface area contributed by atoms with Crippen molar-refractivity contribution in [3.63, 3.8) is 0 Å². The lowest BCUT2D eigenvalue weighted by Gasteiger charge is -2.21. The Labute approximate surface area is 606 Å². The number of carbonyl (C=O) groups is 4. The zero-order valence-electron chi connectivity index (χ0n) is 62.6. The van der Waals surface area contributed by atoms with E-state index in [-0.39, 0.29) is 25.7 Å². The number of ether oxygens (including phenoxy) is 4. The lowest BCUT2D eigenvalue weighted by molar-refractivity contribution is -0.161. The summed E-state index contributed by atoms with van der Waals surface area (Å²) in [7, 11) is -9.97. The fourth-order valence-corrected chi connectivity index (χ4v) is 11.6. The average Bonchev–Trinajstić information content (AvgIpc) is 0.946. The predicted molar refractivity (Wildman–Crippen MR) is 408 cm³/mol. The number of unbranched alkanes of at least 4 members (excludes halogenated alkanes) is 26. The highest BCUT2D eigenvalue weighted by atomic mass is 31.2.